The van der Waals surface area contributed by atoms with Gasteiger partial charge >= 0.3 is 0 Å². The number of Topliss-reactive ketones (excluding diaryl/α,β-unsaturated/α-hetero) is 1. The topological polar surface area (TPSA) is 47.8 Å². The van der Waals surface area contributed by atoms with Gasteiger partial charge in [-0.15, -0.1) is 11.8 Å². The van der Waals surface area contributed by atoms with Crippen molar-refractivity contribution in [2.24, 2.45) is 0 Å². The molecule has 4 aromatic rings. The van der Waals surface area contributed by atoms with Gasteiger partial charge in [0.05, 0.1) is 5.39 Å². The van der Waals surface area contributed by atoms with Crippen molar-refractivity contribution in [2.75, 3.05) is 0 Å². The number of benzene rings is 2. The van der Waals surface area contributed by atoms with Gasteiger partial charge in [0.25, 0.3) is 0 Å². The Balaban J connectivity index is 1.93. The summed E-state index contributed by atoms with van der Waals surface area (Å²) in [5, 5.41) is 2.71. The maximum absolute atomic E-state index is 11.6. The molecule has 0 aliphatic carbocycles. The second-order valence-electron chi connectivity index (χ2n) is 7.42. The van der Waals surface area contributed by atoms with Crippen molar-refractivity contribution in [3.05, 3.63) is 71.6 Å². The van der Waals surface area contributed by atoms with Crippen molar-refractivity contribution in [1.29, 1.82) is 0 Å². The first-order chi connectivity index (χ1) is 14.4. The molecule has 0 unspecified atom stereocenters. The number of hydrogen-bond donors (Lipinski definition) is 0. The first-order valence-corrected chi connectivity index (χ1v) is 11.0. The molecule has 0 aliphatic heterocycles. The quantitative estimate of drug-likeness (QED) is 0.256. The van der Waals surface area contributed by atoms with Gasteiger partial charge in [-0.2, -0.15) is 0 Å². The number of ketones is 1. The van der Waals surface area contributed by atoms with E-state index in [1.165, 1.54) is 0 Å². The summed E-state index contributed by atoms with van der Waals surface area (Å²) in [6.07, 6.45) is 4.19. The molecule has 0 saturated carbocycles. The lowest BCUT2D eigenvalue weighted by atomic mass is 10.1. The van der Waals surface area contributed by atoms with E-state index in [2.05, 4.69) is 39.8 Å². The van der Waals surface area contributed by atoms with E-state index in [0.29, 0.717) is 11.4 Å². The summed E-state index contributed by atoms with van der Waals surface area (Å²) >= 11 is 8.02. The molecule has 152 valence electrons. The highest BCUT2D eigenvalue weighted by atomic mass is 35.5. The van der Waals surface area contributed by atoms with E-state index in [4.69, 9.17) is 11.6 Å². The van der Waals surface area contributed by atoms with Gasteiger partial charge in [0.2, 0.25) is 0 Å². The summed E-state index contributed by atoms with van der Waals surface area (Å²) in [4.78, 5) is 20.8. The maximum Gasteiger partial charge on any atom is 0.149 e. The Kier molecular flexibility index (Phi) is 5.93. The molecule has 4 nitrogen and oxygen atoms in total. The number of hydrogen-bond acceptors (Lipinski definition) is 4. The molecule has 2 aromatic carbocycles. The van der Waals surface area contributed by atoms with Crippen LogP contribution in [0.2, 0.25) is 5.02 Å². The summed E-state index contributed by atoms with van der Waals surface area (Å²) in [7, 11) is 0. The molecule has 1 atom stereocenters. The van der Waals surface area contributed by atoms with Crippen molar-refractivity contribution in [3.8, 4) is 16.8 Å². The molecule has 0 radical (unpaired) electrons. The third-order valence-corrected chi connectivity index (χ3v) is 6.46. The Bertz CT molecular complexity index is 1220. The molecule has 2 heterocycles. The molecular formula is C24H22ClN3OS. The van der Waals surface area contributed by atoms with Crippen LogP contribution in [0, 0.1) is 6.92 Å². The minimum Gasteiger partial charge on any atom is -0.301 e. The summed E-state index contributed by atoms with van der Waals surface area (Å²) in [6, 6.07) is 16.2. The second kappa shape index (κ2) is 8.62. The van der Waals surface area contributed by atoms with Crippen LogP contribution in [0.5, 0.6) is 0 Å². The van der Waals surface area contributed by atoms with E-state index in [0.717, 1.165) is 38.4 Å². The molecule has 0 saturated heterocycles. The van der Waals surface area contributed by atoms with Gasteiger partial charge in [0.1, 0.15) is 22.8 Å². The van der Waals surface area contributed by atoms with E-state index < -0.39 is 0 Å². The molecule has 0 bridgehead atoms. The molecular weight excluding hydrogens is 414 g/mol. The third kappa shape index (κ3) is 4.13. The smallest absolute Gasteiger partial charge is 0.149 e. The van der Waals surface area contributed by atoms with Gasteiger partial charge < -0.3 is 4.57 Å². The molecule has 2 aromatic heterocycles. The van der Waals surface area contributed by atoms with E-state index in [1.54, 1.807) is 25.0 Å². The number of rotatable bonds is 6. The van der Waals surface area contributed by atoms with Crippen LogP contribution in [0.25, 0.3) is 27.8 Å². The van der Waals surface area contributed by atoms with Crippen molar-refractivity contribution in [3.63, 3.8) is 0 Å². The lowest BCUT2D eigenvalue weighted by molar-refractivity contribution is -0.116. The van der Waals surface area contributed by atoms with Crippen LogP contribution in [0.3, 0.4) is 0 Å². The van der Waals surface area contributed by atoms with Crippen molar-refractivity contribution in [2.45, 2.75) is 37.5 Å². The monoisotopic (exact) mass is 435 g/mol. The predicted octanol–water partition coefficient (Wildman–Crippen LogP) is 6.51. The Morgan fingerprint density at radius 1 is 1.17 bits per heavy atom. The first kappa shape index (κ1) is 20.6. The van der Waals surface area contributed by atoms with Gasteiger partial charge in [0, 0.05) is 34.1 Å². The molecule has 0 aliphatic rings. The highest BCUT2D eigenvalue weighted by Crippen LogP contribution is 2.38. The number of aryl methyl sites for hydroxylation is 1. The Morgan fingerprint density at radius 2 is 1.93 bits per heavy atom. The lowest BCUT2D eigenvalue weighted by Gasteiger charge is -2.11. The fraction of sp³-hybridized carbons (Fsp3) is 0.208. The zero-order valence-electron chi connectivity index (χ0n) is 17.1. The lowest BCUT2D eigenvalue weighted by Crippen LogP contribution is -2.04. The zero-order chi connectivity index (χ0) is 21.3. The van der Waals surface area contributed by atoms with E-state index >= 15 is 0 Å². The first-order valence-electron chi connectivity index (χ1n) is 9.78. The van der Waals surface area contributed by atoms with Crippen molar-refractivity contribution in [1.82, 2.24) is 14.5 Å². The van der Waals surface area contributed by atoms with Gasteiger partial charge in [-0.3, -0.25) is 4.79 Å². The van der Waals surface area contributed by atoms with Gasteiger partial charge in [-0.1, -0.05) is 54.9 Å². The van der Waals surface area contributed by atoms with Crippen LogP contribution >= 0.6 is 23.4 Å². The van der Waals surface area contributed by atoms with Crippen molar-refractivity contribution < 1.29 is 4.79 Å². The number of carbonyl (C=O) groups is 1. The summed E-state index contributed by atoms with van der Waals surface area (Å²) in [5.41, 5.74) is 4.95. The minimum absolute atomic E-state index is 0.126. The number of halogens is 1. The molecule has 6 heteroatoms. The predicted molar refractivity (Wildman–Crippen MR) is 125 cm³/mol. The zero-order valence-corrected chi connectivity index (χ0v) is 18.7. The van der Waals surface area contributed by atoms with Crippen LogP contribution in [0.1, 0.15) is 25.8 Å². The fourth-order valence-corrected chi connectivity index (χ4v) is 4.83. The van der Waals surface area contributed by atoms with E-state index in [9.17, 15) is 4.79 Å². The standard InChI is InChI=1S/C24H22ClN3OS/c1-15-9-10-19(12-21(15)25)28-13-20(18-7-5-4-6-8-18)22-23(28)26-14-27-24(22)30-17(3)11-16(2)29/h4-10,12-14,17H,11H2,1-3H3/t17-/m1/s1. The highest BCUT2D eigenvalue weighted by Gasteiger charge is 2.19. The average molecular weight is 436 g/mol. The van der Waals surface area contributed by atoms with Crippen LogP contribution in [0.4, 0.5) is 0 Å². The second-order valence-corrected chi connectivity index (χ2v) is 9.26. The summed E-state index contributed by atoms with van der Waals surface area (Å²) < 4.78 is 2.06. The normalized spacial score (nSPS) is 12.3. The number of fused-ring (bicyclic) bond motifs is 1. The van der Waals surface area contributed by atoms with Crippen LogP contribution in [-0.4, -0.2) is 25.6 Å². The Labute approximate surface area is 185 Å². The third-order valence-electron chi connectivity index (χ3n) is 4.95. The Hall–Kier alpha value is -2.63. The molecule has 0 spiro atoms. The average Bonchev–Trinajstić information content (AvgIpc) is 3.11. The van der Waals surface area contributed by atoms with Gasteiger partial charge in [-0.25, -0.2) is 9.97 Å². The van der Waals surface area contributed by atoms with Crippen LogP contribution in [-0.2, 0) is 4.79 Å². The molecule has 0 N–H and O–H groups in total. The van der Waals surface area contributed by atoms with Gasteiger partial charge in [-0.05, 0) is 37.1 Å². The number of carbonyl (C=O) groups excluding carboxylic acids is 1. The van der Waals surface area contributed by atoms with E-state index in [1.807, 2.05) is 43.3 Å². The maximum atomic E-state index is 11.6. The number of thioether (sulfide) groups is 1. The molecule has 0 amide bonds. The van der Waals surface area contributed by atoms with Crippen LogP contribution in [0.15, 0.2) is 66.1 Å². The minimum atomic E-state index is 0.126. The number of nitrogens with zero attached hydrogens (tertiary/aromatic N) is 3. The summed E-state index contributed by atoms with van der Waals surface area (Å²) in [5.74, 6) is 0.176. The number of aromatic nitrogens is 3. The van der Waals surface area contributed by atoms with Crippen molar-refractivity contribution >= 4 is 40.2 Å². The molecule has 0 fully saturated rings. The van der Waals surface area contributed by atoms with Crippen LogP contribution < -0.4 is 0 Å². The highest BCUT2D eigenvalue weighted by molar-refractivity contribution is 8.00. The Morgan fingerprint density at radius 3 is 2.63 bits per heavy atom. The molecule has 30 heavy (non-hydrogen) atoms. The fourth-order valence-electron chi connectivity index (χ4n) is 3.53. The largest absolute Gasteiger partial charge is 0.301 e. The van der Waals surface area contributed by atoms with E-state index in [-0.39, 0.29) is 11.0 Å². The SMILES string of the molecule is CC(=O)C[C@@H](C)Sc1ncnc2c1c(-c1ccccc1)cn2-c1ccc(C)c(Cl)c1. The summed E-state index contributed by atoms with van der Waals surface area (Å²) in [6.45, 7) is 5.67. The molecule has 4 rings (SSSR count). The van der Waals surface area contributed by atoms with Gasteiger partial charge in [0.15, 0.2) is 0 Å².